The maximum absolute atomic E-state index is 11.8. The average molecular weight is 247 g/mol. The largest absolute Gasteiger partial charge is 0.256 e. The molecule has 1 radical (unpaired) electrons. The maximum atomic E-state index is 11.8. The van der Waals surface area contributed by atoms with Crippen LogP contribution in [0.5, 0.6) is 0 Å². The topological polar surface area (TPSA) is 59.1 Å². The van der Waals surface area contributed by atoms with E-state index in [9.17, 15) is 8.42 Å². The van der Waals surface area contributed by atoms with Crippen LogP contribution < -0.4 is 4.72 Å². The van der Waals surface area contributed by atoms with Crippen molar-refractivity contribution in [3.63, 3.8) is 0 Å². The average Bonchev–Trinajstić information content (AvgIpc) is 2.40. The number of pyridine rings is 1. The highest BCUT2D eigenvalue weighted by Crippen LogP contribution is 2.24. The fourth-order valence-electron chi connectivity index (χ4n) is 1.47. The zero-order chi connectivity index (χ0) is 12.3. The van der Waals surface area contributed by atoms with E-state index in [0.29, 0.717) is 11.3 Å². The molecule has 1 aromatic heterocycles. The van der Waals surface area contributed by atoms with E-state index in [1.165, 1.54) is 7.05 Å². The molecule has 87 valence electrons. The lowest BCUT2D eigenvalue weighted by molar-refractivity contribution is 0.588. The summed E-state index contributed by atoms with van der Waals surface area (Å²) in [6, 6.07) is 13.1. The Morgan fingerprint density at radius 2 is 2.06 bits per heavy atom. The van der Waals surface area contributed by atoms with Gasteiger partial charge < -0.3 is 0 Å². The predicted molar refractivity (Wildman–Crippen MR) is 64.8 cm³/mol. The highest BCUT2D eigenvalue weighted by Gasteiger charge is 2.17. The molecule has 2 rings (SSSR count). The van der Waals surface area contributed by atoms with Gasteiger partial charge in [0.2, 0.25) is 10.0 Å². The van der Waals surface area contributed by atoms with Crippen LogP contribution in [0.15, 0.2) is 47.5 Å². The number of hydrogen-bond donors (Lipinski definition) is 1. The standard InChI is InChI=1S/C12H11N2O2S/c1-13-17(15,16)12-8-3-2-6-10(12)11-7-4-5-9-14-11/h2-7,9,13H,1H3. The number of rotatable bonds is 3. The van der Waals surface area contributed by atoms with Gasteiger partial charge in [0.05, 0.1) is 10.6 Å². The molecule has 0 bridgehead atoms. The summed E-state index contributed by atoms with van der Waals surface area (Å²) < 4.78 is 25.9. The van der Waals surface area contributed by atoms with Gasteiger partial charge in [-0.05, 0) is 19.2 Å². The third kappa shape index (κ3) is 2.35. The van der Waals surface area contributed by atoms with Gasteiger partial charge in [0.15, 0.2) is 0 Å². The number of aromatic nitrogens is 1. The first-order chi connectivity index (χ1) is 8.15. The van der Waals surface area contributed by atoms with E-state index in [1.807, 2.05) is 6.07 Å². The van der Waals surface area contributed by atoms with Gasteiger partial charge in [-0.25, -0.2) is 13.1 Å². The van der Waals surface area contributed by atoms with Crippen LogP contribution in [0.4, 0.5) is 0 Å². The highest BCUT2D eigenvalue weighted by atomic mass is 32.2. The minimum absolute atomic E-state index is 0.112. The molecule has 0 atom stereocenters. The van der Waals surface area contributed by atoms with Crippen molar-refractivity contribution in [1.82, 2.24) is 9.71 Å². The van der Waals surface area contributed by atoms with Crippen molar-refractivity contribution in [2.45, 2.75) is 4.90 Å². The first-order valence-electron chi connectivity index (χ1n) is 5.01. The molecule has 0 aliphatic heterocycles. The van der Waals surface area contributed by atoms with E-state index in [1.54, 1.807) is 36.5 Å². The second-order valence-corrected chi connectivity index (χ2v) is 5.16. The van der Waals surface area contributed by atoms with Crippen molar-refractivity contribution in [3.05, 3.63) is 48.7 Å². The number of sulfonamides is 1. The lowest BCUT2D eigenvalue weighted by Crippen LogP contribution is -2.19. The van der Waals surface area contributed by atoms with Gasteiger partial charge in [-0.15, -0.1) is 0 Å². The maximum Gasteiger partial charge on any atom is 0.241 e. The molecule has 0 aliphatic rings. The Hall–Kier alpha value is -1.72. The number of benzene rings is 1. The molecule has 4 nitrogen and oxygen atoms in total. The van der Waals surface area contributed by atoms with E-state index < -0.39 is 10.0 Å². The molecule has 0 amide bonds. The fraction of sp³-hybridized carbons (Fsp3) is 0.0833. The number of nitrogens with one attached hydrogen (secondary N) is 1. The molecule has 1 aromatic carbocycles. The van der Waals surface area contributed by atoms with Crippen molar-refractivity contribution in [2.75, 3.05) is 7.05 Å². The Labute approximate surface area is 100 Å². The van der Waals surface area contributed by atoms with Crippen molar-refractivity contribution < 1.29 is 8.42 Å². The minimum atomic E-state index is -3.52. The smallest absolute Gasteiger partial charge is 0.241 e. The molecule has 0 fully saturated rings. The second kappa shape index (κ2) is 4.65. The summed E-state index contributed by atoms with van der Waals surface area (Å²) >= 11 is 0. The van der Waals surface area contributed by atoms with Crippen molar-refractivity contribution >= 4 is 10.0 Å². The van der Waals surface area contributed by atoms with Crippen LogP contribution in [-0.4, -0.2) is 20.4 Å². The van der Waals surface area contributed by atoms with E-state index in [4.69, 9.17) is 0 Å². The molecule has 0 saturated heterocycles. The number of nitrogens with zero attached hydrogens (tertiary/aromatic N) is 1. The first-order valence-corrected chi connectivity index (χ1v) is 6.49. The molecule has 1 heterocycles. The third-order valence-electron chi connectivity index (χ3n) is 2.30. The zero-order valence-corrected chi connectivity index (χ0v) is 10.0. The van der Waals surface area contributed by atoms with Gasteiger partial charge in [0, 0.05) is 17.8 Å². The van der Waals surface area contributed by atoms with Gasteiger partial charge in [-0.3, -0.25) is 4.98 Å². The van der Waals surface area contributed by atoms with Crippen molar-refractivity contribution in [3.8, 4) is 11.3 Å². The second-order valence-electron chi connectivity index (χ2n) is 3.34. The van der Waals surface area contributed by atoms with Crippen LogP contribution >= 0.6 is 0 Å². The Kier molecular flexibility index (Phi) is 3.21. The quantitative estimate of drug-likeness (QED) is 0.893. The molecule has 2 aromatic rings. The van der Waals surface area contributed by atoms with Crippen LogP contribution in [0, 0.1) is 6.07 Å². The van der Waals surface area contributed by atoms with E-state index >= 15 is 0 Å². The summed E-state index contributed by atoms with van der Waals surface area (Å²) in [4.78, 5) is 4.26. The van der Waals surface area contributed by atoms with Gasteiger partial charge in [0.25, 0.3) is 0 Å². The summed E-state index contributed by atoms with van der Waals surface area (Å²) in [5, 5.41) is 0. The SMILES string of the molecule is CNS(=O)(=O)c1[c]cccc1-c1ccccn1. The molecule has 0 aliphatic carbocycles. The summed E-state index contributed by atoms with van der Waals surface area (Å²) in [5.74, 6) is 0. The summed E-state index contributed by atoms with van der Waals surface area (Å²) in [6.45, 7) is 0. The molecule has 0 saturated carbocycles. The van der Waals surface area contributed by atoms with Crippen molar-refractivity contribution in [1.29, 1.82) is 0 Å². The third-order valence-corrected chi connectivity index (χ3v) is 3.71. The summed E-state index contributed by atoms with van der Waals surface area (Å²) in [5.41, 5.74) is 1.15. The van der Waals surface area contributed by atoms with Crippen molar-refractivity contribution in [2.24, 2.45) is 0 Å². The Morgan fingerprint density at radius 1 is 1.24 bits per heavy atom. The Morgan fingerprint density at radius 3 is 2.71 bits per heavy atom. The molecular weight excluding hydrogens is 236 g/mol. The van der Waals surface area contributed by atoms with Crippen LogP contribution in [-0.2, 0) is 10.0 Å². The van der Waals surface area contributed by atoms with Gasteiger partial charge in [-0.1, -0.05) is 24.3 Å². The molecular formula is C12H11N2O2S. The minimum Gasteiger partial charge on any atom is -0.256 e. The fourth-order valence-corrected chi connectivity index (χ4v) is 2.36. The molecule has 17 heavy (non-hydrogen) atoms. The molecule has 0 spiro atoms. The normalized spacial score (nSPS) is 11.4. The lowest BCUT2D eigenvalue weighted by Gasteiger charge is -2.08. The lowest BCUT2D eigenvalue weighted by atomic mass is 10.1. The zero-order valence-electron chi connectivity index (χ0n) is 9.21. The van der Waals surface area contributed by atoms with Crippen LogP contribution in [0.2, 0.25) is 0 Å². The first kappa shape index (κ1) is 11.8. The summed E-state index contributed by atoms with van der Waals surface area (Å²) in [6.07, 6.45) is 1.62. The van der Waals surface area contributed by atoms with E-state index in [-0.39, 0.29) is 4.90 Å². The van der Waals surface area contributed by atoms with E-state index in [0.717, 1.165) is 0 Å². The monoisotopic (exact) mass is 247 g/mol. The van der Waals surface area contributed by atoms with Gasteiger partial charge >= 0.3 is 0 Å². The van der Waals surface area contributed by atoms with Gasteiger partial charge in [0.1, 0.15) is 0 Å². The predicted octanol–water partition coefficient (Wildman–Crippen LogP) is 1.46. The molecule has 1 N–H and O–H groups in total. The van der Waals surface area contributed by atoms with Crippen LogP contribution in [0.3, 0.4) is 0 Å². The summed E-state index contributed by atoms with van der Waals surface area (Å²) in [7, 11) is -2.15. The highest BCUT2D eigenvalue weighted by molar-refractivity contribution is 7.89. The van der Waals surface area contributed by atoms with Crippen LogP contribution in [0.25, 0.3) is 11.3 Å². The van der Waals surface area contributed by atoms with E-state index in [2.05, 4.69) is 15.8 Å². The molecule has 0 unspecified atom stereocenters. The molecule has 5 heteroatoms. The Bertz CT molecular complexity index is 609. The number of hydrogen-bond acceptors (Lipinski definition) is 3. The Balaban J connectivity index is 2.65. The van der Waals surface area contributed by atoms with Gasteiger partial charge in [-0.2, -0.15) is 0 Å². The van der Waals surface area contributed by atoms with Crippen LogP contribution in [0.1, 0.15) is 0 Å².